The van der Waals surface area contributed by atoms with Crippen LogP contribution in [0.1, 0.15) is 37.2 Å². The minimum atomic E-state index is -0.468. The van der Waals surface area contributed by atoms with E-state index in [1.54, 1.807) is 0 Å². The molecule has 2 aliphatic rings. The van der Waals surface area contributed by atoms with Crippen LogP contribution in [0.15, 0.2) is 36.5 Å². The molecule has 1 aliphatic heterocycles. The van der Waals surface area contributed by atoms with E-state index in [0.717, 1.165) is 50.5 Å². The van der Waals surface area contributed by atoms with Crippen molar-refractivity contribution < 1.29 is 13.5 Å². The first kappa shape index (κ1) is 18.3. The van der Waals surface area contributed by atoms with Crippen molar-refractivity contribution in [1.82, 2.24) is 15.1 Å². The van der Waals surface area contributed by atoms with Gasteiger partial charge in [-0.2, -0.15) is 5.10 Å². The number of nitrogens with zero attached hydrogens (tertiary/aromatic N) is 3. The summed E-state index contributed by atoms with van der Waals surface area (Å²) in [5.41, 5.74) is 7.27. The molecule has 4 rings (SSSR count). The first-order valence-corrected chi connectivity index (χ1v) is 9.48. The molecular formula is C20H24F2N4O. The van der Waals surface area contributed by atoms with Crippen LogP contribution < -0.4 is 10.5 Å². The van der Waals surface area contributed by atoms with Crippen molar-refractivity contribution in [2.45, 2.75) is 49.8 Å². The van der Waals surface area contributed by atoms with Gasteiger partial charge in [0.2, 0.25) is 5.88 Å². The van der Waals surface area contributed by atoms with Gasteiger partial charge in [-0.05, 0) is 55.8 Å². The van der Waals surface area contributed by atoms with Gasteiger partial charge in [-0.25, -0.2) is 8.78 Å². The number of ether oxygens (including phenoxy) is 1. The van der Waals surface area contributed by atoms with Gasteiger partial charge in [0.15, 0.2) is 0 Å². The minimum absolute atomic E-state index is 0.138. The zero-order valence-electron chi connectivity index (χ0n) is 15.1. The van der Waals surface area contributed by atoms with Gasteiger partial charge in [-0.1, -0.05) is 12.1 Å². The highest BCUT2D eigenvalue weighted by atomic mass is 19.1. The van der Waals surface area contributed by atoms with E-state index in [1.165, 1.54) is 18.2 Å². The molecule has 5 nitrogen and oxygen atoms in total. The summed E-state index contributed by atoms with van der Waals surface area (Å²) < 4.78 is 32.8. The molecule has 4 unspecified atom stereocenters. The van der Waals surface area contributed by atoms with Gasteiger partial charge in [-0.15, -0.1) is 5.10 Å². The Morgan fingerprint density at radius 2 is 1.93 bits per heavy atom. The normalized spacial score (nSPS) is 29.0. The summed E-state index contributed by atoms with van der Waals surface area (Å²) in [6.45, 7) is 1.80. The predicted octanol–water partition coefficient (Wildman–Crippen LogP) is 2.87. The molecular weight excluding hydrogens is 350 g/mol. The van der Waals surface area contributed by atoms with Crippen LogP contribution in [0.5, 0.6) is 5.88 Å². The third-order valence-electron chi connectivity index (χ3n) is 5.64. The number of nitrogens with two attached hydrogens (primary N) is 1. The first-order valence-electron chi connectivity index (χ1n) is 9.48. The number of hydrogen-bond donors (Lipinski definition) is 1. The highest BCUT2D eigenvalue weighted by Crippen LogP contribution is 2.39. The second-order valence-electron chi connectivity index (χ2n) is 7.55. The van der Waals surface area contributed by atoms with Crippen molar-refractivity contribution in [2.24, 2.45) is 5.73 Å². The average molecular weight is 374 g/mol. The molecule has 1 aromatic carbocycles. The van der Waals surface area contributed by atoms with Crippen molar-refractivity contribution in [2.75, 3.05) is 13.1 Å². The molecule has 2 aromatic rings. The third kappa shape index (κ3) is 4.25. The number of halogens is 2. The van der Waals surface area contributed by atoms with Gasteiger partial charge in [0.05, 0.1) is 6.20 Å². The quantitative estimate of drug-likeness (QED) is 0.892. The van der Waals surface area contributed by atoms with Gasteiger partial charge in [0, 0.05) is 24.7 Å². The lowest BCUT2D eigenvalue weighted by atomic mass is 9.97. The molecule has 2 fully saturated rings. The van der Waals surface area contributed by atoms with E-state index in [2.05, 4.69) is 15.1 Å². The van der Waals surface area contributed by atoms with E-state index in [4.69, 9.17) is 10.5 Å². The predicted molar refractivity (Wildman–Crippen MR) is 97.4 cm³/mol. The second kappa shape index (κ2) is 7.86. The molecule has 2 heterocycles. The highest BCUT2D eigenvalue weighted by molar-refractivity contribution is 5.23. The zero-order valence-corrected chi connectivity index (χ0v) is 15.1. The Balaban J connectivity index is 1.55. The molecule has 0 spiro atoms. The van der Waals surface area contributed by atoms with Gasteiger partial charge >= 0.3 is 0 Å². The lowest BCUT2D eigenvalue weighted by Crippen LogP contribution is -2.51. The zero-order chi connectivity index (χ0) is 18.8. The summed E-state index contributed by atoms with van der Waals surface area (Å²) in [5.74, 6) is -0.255. The molecule has 0 amide bonds. The van der Waals surface area contributed by atoms with Crippen LogP contribution in [-0.4, -0.2) is 46.4 Å². The van der Waals surface area contributed by atoms with Crippen molar-refractivity contribution in [3.8, 4) is 5.88 Å². The smallest absolute Gasteiger partial charge is 0.236 e. The number of likely N-dealkylation sites (tertiary alicyclic amines) is 1. The van der Waals surface area contributed by atoms with Crippen LogP contribution >= 0.6 is 0 Å². The third-order valence-corrected chi connectivity index (χ3v) is 5.64. The summed E-state index contributed by atoms with van der Waals surface area (Å²) in [6.07, 6.45) is 4.67. The molecule has 7 heteroatoms. The van der Waals surface area contributed by atoms with E-state index in [0.29, 0.717) is 0 Å². The molecule has 144 valence electrons. The van der Waals surface area contributed by atoms with Crippen LogP contribution in [0.4, 0.5) is 8.78 Å². The average Bonchev–Trinajstić information content (AvgIpc) is 3.06. The van der Waals surface area contributed by atoms with Crippen molar-refractivity contribution in [3.05, 3.63) is 53.7 Å². The Kier molecular flexibility index (Phi) is 5.31. The molecule has 27 heavy (non-hydrogen) atoms. The monoisotopic (exact) mass is 374 g/mol. The highest BCUT2D eigenvalue weighted by Gasteiger charge is 2.41. The van der Waals surface area contributed by atoms with Crippen LogP contribution in [-0.2, 0) is 0 Å². The lowest BCUT2D eigenvalue weighted by molar-refractivity contribution is 0.0648. The first-order chi connectivity index (χ1) is 13.1. The van der Waals surface area contributed by atoms with Crippen LogP contribution in [0.3, 0.4) is 0 Å². The second-order valence-corrected chi connectivity index (χ2v) is 7.55. The Labute approximate surface area is 157 Å². The number of hydrogen-bond acceptors (Lipinski definition) is 5. The fourth-order valence-corrected chi connectivity index (χ4v) is 4.37. The number of aromatic nitrogens is 2. The summed E-state index contributed by atoms with van der Waals surface area (Å²) in [5, 5.41) is 7.54. The van der Waals surface area contributed by atoms with Gasteiger partial charge < -0.3 is 10.5 Å². The van der Waals surface area contributed by atoms with Crippen molar-refractivity contribution in [3.63, 3.8) is 0 Å². The Morgan fingerprint density at radius 1 is 1.11 bits per heavy atom. The van der Waals surface area contributed by atoms with Crippen molar-refractivity contribution in [1.29, 1.82) is 0 Å². The lowest BCUT2D eigenvalue weighted by Gasteiger charge is -2.37. The molecule has 0 bridgehead atoms. The maximum Gasteiger partial charge on any atom is 0.236 e. The van der Waals surface area contributed by atoms with E-state index >= 15 is 0 Å². The molecule has 0 radical (unpaired) electrons. The number of rotatable bonds is 4. The molecule has 1 aromatic heterocycles. The summed E-state index contributed by atoms with van der Waals surface area (Å²) in [4.78, 5) is 2.38. The van der Waals surface area contributed by atoms with Gasteiger partial charge in [0.1, 0.15) is 17.7 Å². The largest absolute Gasteiger partial charge is 0.472 e. The van der Waals surface area contributed by atoms with Gasteiger partial charge in [0.25, 0.3) is 0 Å². The van der Waals surface area contributed by atoms with Gasteiger partial charge in [-0.3, -0.25) is 4.90 Å². The van der Waals surface area contributed by atoms with E-state index < -0.39 is 5.82 Å². The van der Waals surface area contributed by atoms with Crippen LogP contribution in [0, 0.1) is 11.6 Å². The summed E-state index contributed by atoms with van der Waals surface area (Å²) >= 11 is 0. The Hall–Kier alpha value is -2.12. The SMILES string of the molecule is NC1CCCN(C2CC(c3ccc(F)cc3)CC2Oc2cc(F)cnn2)C1. The van der Waals surface area contributed by atoms with Crippen LogP contribution in [0.25, 0.3) is 0 Å². The van der Waals surface area contributed by atoms with Crippen molar-refractivity contribution >= 4 is 0 Å². The number of benzene rings is 1. The molecule has 2 N–H and O–H groups in total. The Morgan fingerprint density at radius 3 is 2.67 bits per heavy atom. The molecule has 1 aliphatic carbocycles. The van der Waals surface area contributed by atoms with E-state index in [-0.39, 0.29) is 35.8 Å². The summed E-state index contributed by atoms with van der Waals surface area (Å²) in [7, 11) is 0. The minimum Gasteiger partial charge on any atom is -0.472 e. The number of piperidine rings is 1. The topological polar surface area (TPSA) is 64.3 Å². The van der Waals surface area contributed by atoms with E-state index in [9.17, 15) is 8.78 Å². The fourth-order valence-electron chi connectivity index (χ4n) is 4.37. The van der Waals surface area contributed by atoms with E-state index in [1.807, 2.05) is 12.1 Å². The molecule has 1 saturated heterocycles. The summed E-state index contributed by atoms with van der Waals surface area (Å²) in [6, 6.07) is 8.25. The maximum absolute atomic E-state index is 13.5. The molecule has 4 atom stereocenters. The fraction of sp³-hybridized carbons (Fsp3) is 0.500. The maximum atomic E-state index is 13.5. The standard InChI is InChI=1S/C20H24F2N4O/c21-15-5-3-13(4-6-15)14-8-18(26-7-1-2-17(23)12-26)19(9-14)27-20-10-16(22)11-24-25-20/h3-6,10-11,14,17-19H,1-2,7-9,12,23H2. The Bertz CT molecular complexity index is 773. The molecule has 1 saturated carbocycles. The van der Waals surface area contributed by atoms with Crippen LogP contribution in [0.2, 0.25) is 0 Å².